The topological polar surface area (TPSA) is 84.0 Å². The molecule has 1 amide bonds. The minimum Gasteiger partial charge on any atom is -0.469 e. The lowest BCUT2D eigenvalue weighted by Gasteiger charge is -2.31. The van der Waals surface area contributed by atoms with Crippen LogP contribution >= 0.6 is 0 Å². The van der Waals surface area contributed by atoms with Crippen molar-refractivity contribution in [3.05, 3.63) is 29.8 Å². The highest BCUT2D eigenvalue weighted by atomic mass is 32.2. The number of carbonyl (C=O) groups excluding carboxylic acids is 2. The van der Waals surface area contributed by atoms with E-state index in [0.717, 1.165) is 10.6 Å². The second-order valence-corrected chi connectivity index (χ2v) is 7.85. The Hall–Kier alpha value is -2.09. The summed E-state index contributed by atoms with van der Waals surface area (Å²) in [6.45, 7) is 0.880. The van der Waals surface area contributed by atoms with Crippen molar-refractivity contribution in [1.82, 2.24) is 4.90 Å². The van der Waals surface area contributed by atoms with Gasteiger partial charge in [-0.2, -0.15) is 0 Å². The van der Waals surface area contributed by atoms with E-state index in [-0.39, 0.29) is 17.8 Å². The number of methoxy groups -OCH3 is 1. The van der Waals surface area contributed by atoms with Crippen molar-refractivity contribution in [1.29, 1.82) is 0 Å². The number of benzene rings is 1. The first-order valence-electron chi connectivity index (χ1n) is 7.65. The van der Waals surface area contributed by atoms with Gasteiger partial charge in [-0.25, -0.2) is 8.42 Å². The number of ether oxygens (including phenoxy) is 1. The molecule has 2 rings (SSSR count). The molecule has 0 atom stereocenters. The maximum Gasteiger partial charge on any atom is 0.308 e. The summed E-state index contributed by atoms with van der Waals surface area (Å²) in [4.78, 5) is 26.0. The fourth-order valence-corrected chi connectivity index (χ4v) is 3.28. The molecule has 0 radical (unpaired) electrons. The third-order valence-electron chi connectivity index (χ3n) is 4.29. The van der Waals surface area contributed by atoms with Gasteiger partial charge in [0.15, 0.2) is 0 Å². The van der Waals surface area contributed by atoms with Gasteiger partial charge in [0.1, 0.15) is 0 Å². The third kappa shape index (κ3) is 3.87. The lowest BCUT2D eigenvalue weighted by Crippen LogP contribution is -2.41. The van der Waals surface area contributed by atoms with Gasteiger partial charge in [0.05, 0.1) is 30.5 Å². The van der Waals surface area contributed by atoms with Crippen molar-refractivity contribution >= 4 is 27.6 Å². The summed E-state index contributed by atoms with van der Waals surface area (Å²) >= 11 is 0. The van der Waals surface area contributed by atoms with Gasteiger partial charge in [0.25, 0.3) is 5.91 Å². The van der Waals surface area contributed by atoms with E-state index >= 15 is 0 Å². The molecule has 0 spiro atoms. The van der Waals surface area contributed by atoms with Gasteiger partial charge in [-0.1, -0.05) is 12.1 Å². The Kier molecular flexibility index (Phi) is 5.48. The normalized spacial score (nSPS) is 15.9. The van der Waals surface area contributed by atoms with Gasteiger partial charge < -0.3 is 9.64 Å². The molecule has 0 bridgehead atoms. The Labute approximate surface area is 142 Å². The fourth-order valence-electron chi connectivity index (χ4n) is 2.76. The molecule has 0 aliphatic carbocycles. The molecule has 1 aromatic rings. The summed E-state index contributed by atoms with van der Waals surface area (Å²) in [6, 6.07) is 6.62. The molecular weight excluding hydrogens is 332 g/mol. The maximum atomic E-state index is 12.8. The van der Waals surface area contributed by atoms with Gasteiger partial charge in [-0.3, -0.25) is 13.9 Å². The van der Waals surface area contributed by atoms with Crippen LogP contribution in [0, 0.1) is 5.92 Å². The summed E-state index contributed by atoms with van der Waals surface area (Å²) < 4.78 is 29.4. The van der Waals surface area contributed by atoms with Crippen LogP contribution in [-0.2, 0) is 19.6 Å². The predicted molar refractivity (Wildman–Crippen MR) is 90.3 cm³/mol. The molecule has 1 aliphatic heterocycles. The summed E-state index contributed by atoms with van der Waals surface area (Å²) in [7, 11) is -0.685. The Balaban J connectivity index is 2.19. The van der Waals surface area contributed by atoms with E-state index in [9.17, 15) is 18.0 Å². The lowest BCUT2D eigenvalue weighted by atomic mass is 9.96. The minimum atomic E-state index is -3.46. The number of hydrogen-bond donors (Lipinski definition) is 0. The van der Waals surface area contributed by atoms with Crippen LogP contribution in [0.2, 0.25) is 0 Å². The zero-order valence-corrected chi connectivity index (χ0v) is 14.9. The van der Waals surface area contributed by atoms with E-state index in [1.165, 1.54) is 14.2 Å². The quantitative estimate of drug-likeness (QED) is 0.756. The molecule has 0 N–H and O–H groups in total. The Morgan fingerprint density at radius 1 is 1.21 bits per heavy atom. The zero-order valence-electron chi connectivity index (χ0n) is 14.1. The van der Waals surface area contributed by atoms with Crippen molar-refractivity contribution in [2.45, 2.75) is 12.8 Å². The van der Waals surface area contributed by atoms with E-state index in [1.54, 1.807) is 29.2 Å². The molecule has 8 heteroatoms. The highest BCUT2D eigenvalue weighted by Gasteiger charge is 2.30. The fraction of sp³-hybridized carbons (Fsp3) is 0.500. The van der Waals surface area contributed by atoms with Gasteiger partial charge in [-0.05, 0) is 25.0 Å². The smallest absolute Gasteiger partial charge is 0.308 e. The number of esters is 1. The van der Waals surface area contributed by atoms with Crippen LogP contribution in [0.25, 0.3) is 0 Å². The standard InChI is InChI=1S/C16H22N2O5S/c1-17(24(3,21)22)14-7-5-4-6-13(14)15(19)18-10-8-12(9-11-18)16(20)23-2/h4-7,12H,8-11H2,1-3H3. The van der Waals surface area contributed by atoms with Gasteiger partial charge in [0, 0.05) is 20.1 Å². The second kappa shape index (κ2) is 7.21. The number of hydrogen-bond acceptors (Lipinski definition) is 5. The van der Waals surface area contributed by atoms with Crippen LogP contribution in [-0.4, -0.2) is 58.7 Å². The van der Waals surface area contributed by atoms with Crippen molar-refractivity contribution in [2.24, 2.45) is 5.92 Å². The summed E-state index contributed by atoms with van der Waals surface area (Å²) in [5.74, 6) is -0.670. The first kappa shape index (κ1) is 18.3. The highest BCUT2D eigenvalue weighted by Crippen LogP contribution is 2.25. The van der Waals surface area contributed by atoms with Gasteiger partial charge in [0.2, 0.25) is 10.0 Å². The van der Waals surface area contributed by atoms with Crippen LogP contribution in [0.3, 0.4) is 0 Å². The van der Waals surface area contributed by atoms with E-state index in [2.05, 4.69) is 0 Å². The van der Waals surface area contributed by atoms with Crippen LogP contribution in [0.1, 0.15) is 23.2 Å². The van der Waals surface area contributed by atoms with E-state index in [4.69, 9.17) is 4.74 Å². The predicted octanol–water partition coefficient (Wildman–Crippen LogP) is 1.11. The molecule has 24 heavy (non-hydrogen) atoms. The average Bonchev–Trinajstić information content (AvgIpc) is 2.59. The Morgan fingerprint density at radius 2 is 1.79 bits per heavy atom. The number of piperidine rings is 1. The van der Waals surface area contributed by atoms with Crippen molar-refractivity contribution in [3.63, 3.8) is 0 Å². The SMILES string of the molecule is COC(=O)C1CCN(C(=O)c2ccccc2N(C)S(C)(=O)=O)CC1. The van der Waals surface area contributed by atoms with Crippen LogP contribution in [0.4, 0.5) is 5.69 Å². The molecule has 1 aromatic carbocycles. The number of anilines is 1. The number of para-hydroxylation sites is 1. The van der Waals surface area contributed by atoms with Crippen LogP contribution in [0.5, 0.6) is 0 Å². The Morgan fingerprint density at radius 3 is 2.33 bits per heavy atom. The molecule has 1 fully saturated rings. The van der Waals surface area contributed by atoms with Crippen LogP contribution in [0.15, 0.2) is 24.3 Å². The van der Waals surface area contributed by atoms with Crippen LogP contribution < -0.4 is 4.31 Å². The largest absolute Gasteiger partial charge is 0.469 e. The van der Waals surface area contributed by atoms with Gasteiger partial charge in [-0.15, -0.1) is 0 Å². The molecule has 132 valence electrons. The second-order valence-electron chi connectivity index (χ2n) is 5.84. The van der Waals surface area contributed by atoms with Crippen molar-refractivity contribution in [2.75, 3.05) is 37.8 Å². The molecule has 0 saturated carbocycles. The van der Waals surface area contributed by atoms with Crippen molar-refractivity contribution < 1.29 is 22.7 Å². The van der Waals surface area contributed by atoms with Crippen molar-refractivity contribution in [3.8, 4) is 0 Å². The highest BCUT2D eigenvalue weighted by molar-refractivity contribution is 7.92. The molecule has 7 nitrogen and oxygen atoms in total. The lowest BCUT2D eigenvalue weighted by molar-refractivity contribution is -0.146. The molecule has 0 unspecified atom stereocenters. The molecule has 1 saturated heterocycles. The number of rotatable bonds is 4. The zero-order chi connectivity index (χ0) is 17.9. The average molecular weight is 354 g/mol. The molecule has 1 heterocycles. The van der Waals surface area contributed by atoms with E-state index in [0.29, 0.717) is 37.2 Å². The number of amides is 1. The summed E-state index contributed by atoms with van der Waals surface area (Å²) in [6.07, 6.45) is 2.18. The monoisotopic (exact) mass is 354 g/mol. The van der Waals surface area contributed by atoms with E-state index in [1.807, 2.05) is 0 Å². The van der Waals surface area contributed by atoms with Gasteiger partial charge >= 0.3 is 5.97 Å². The summed E-state index contributed by atoms with van der Waals surface area (Å²) in [5.41, 5.74) is 0.682. The molecule has 1 aliphatic rings. The molecule has 0 aromatic heterocycles. The van der Waals surface area contributed by atoms with E-state index < -0.39 is 10.0 Å². The first-order chi connectivity index (χ1) is 11.3. The third-order valence-corrected chi connectivity index (χ3v) is 5.48. The Bertz CT molecular complexity index is 724. The summed E-state index contributed by atoms with van der Waals surface area (Å²) in [5, 5.41) is 0. The maximum absolute atomic E-state index is 12.8. The molecular formula is C16H22N2O5S. The number of carbonyl (C=O) groups is 2. The number of sulfonamides is 1. The minimum absolute atomic E-state index is 0.187. The number of nitrogens with zero attached hydrogens (tertiary/aromatic N) is 2. The first-order valence-corrected chi connectivity index (χ1v) is 9.50. The number of likely N-dealkylation sites (tertiary alicyclic amines) is 1.